The number of anilines is 1. The van der Waals surface area contributed by atoms with Crippen LogP contribution in [-0.2, 0) is 4.79 Å². The van der Waals surface area contributed by atoms with Crippen LogP contribution >= 0.6 is 23.4 Å². The second kappa shape index (κ2) is 8.53. The Kier molecular flexibility index (Phi) is 5.43. The highest BCUT2D eigenvalue weighted by Crippen LogP contribution is 2.28. The number of furan rings is 1. The maximum absolute atomic E-state index is 13.4. The normalized spacial score (nSPS) is 11.2. The molecule has 3 aromatic carbocycles. The Morgan fingerprint density at radius 2 is 1.81 bits per heavy atom. The number of nitrogens with zero attached hydrogens (tertiary/aromatic N) is 2. The molecule has 0 atom stereocenters. The fraction of sp³-hybridized carbons (Fsp3) is 0.0417. The van der Waals surface area contributed by atoms with Gasteiger partial charge in [0.15, 0.2) is 5.16 Å². The first-order chi connectivity index (χ1) is 15.6. The summed E-state index contributed by atoms with van der Waals surface area (Å²) < 4.78 is 7.29. The van der Waals surface area contributed by atoms with Gasteiger partial charge in [0.1, 0.15) is 11.1 Å². The number of rotatable bonds is 5. The van der Waals surface area contributed by atoms with Gasteiger partial charge in [-0.3, -0.25) is 14.2 Å². The summed E-state index contributed by atoms with van der Waals surface area (Å²) in [6.45, 7) is 0. The van der Waals surface area contributed by atoms with Crippen LogP contribution < -0.4 is 10.9 Å². The molecule has 0 spiro atoms. The molecule has 0 saturated carbocycles. The molecule has 0 saturated heterocycles. The lowest BCUT2D eigenvalue weighted by Gasteiger charge is -2.12. The first-order valence-corrected chi connectivity index (χ1v) is 11.1. The Morgan fingerprint density at radius 1 is 1.03 bits per heavy atom. The lowest BCUT2D eigenvalue weighted by Crippen LogP contribution is -2.22. The third-order valence-electron chi connectivity index (χ3n) is 4.82. The van der Waals surface area contributed by atoms with Crippen LogP contribution in [0.2, 0.25) is 5.02 Å². The number of nitrogens with one attached hydrogen (secondary N) is 1. The average molecular weight is 462 g/mol. The predicted molar refractivity (Wildman–Crippen MR) is 128 cm³/mol. The molecule has 1 amide bonds. The van der Waals surface area contributed by atoms with Crippen LogP contribution in [0.3, 0.4) is 0 Å². The molecule has 0 aliphatic heterocycles. The standard InChI is InChI=1S/C24H16ClN3O3S/c25-15-7-6-8-16(13-15)26-20(29)14-32-24-27-21-18-11-4-5-12-19(18)31-22(21)23(30)28(24)17-9-2-1-3-10-17/h1-13H,14H2,(H,26,29). The van der Waals surface area contributed by atoms with Gasteiger partial charge in [0, 0.05) is 16.1 Å². The number of carbonyl (C=O) groups excluding carboxylic acids is 1. The quantitative estimate of drug-likeness (QED) is 0.275. The molecule has 0 fully saturated rings. The highest BCUT2D eigenvalue weighted by atomic mass is 35.5. The van der Waals surface area contributed by atoms with Gasteiger partial charge in [-0.05, 0) is 42.5 Å². The SMILES string of the molecule is O=C(CSc1nc2c(oc3ccccc32)c(=O)n1-c1ccccc1)Nc1cccc(Cl)c1. The monoisotopic (exact) mass is 461 g/mol. The molecule has 0 unspecified atom stereocenters. The van der Waals surface area contributed by atoms with Crippen LogP contribution in [0.5, 0.6) is 0 Å². The van der Waals surface area contributed by atoms with Gasteiger partial charge in [-0.2, -0.15) is 0 Å². The van der Waals surface area contributed by atoms with Crippen molar-refractivity contribution < 1.29 is 9.21 Å². The van der Waals surface area contributed by atoms with Crippen molar-refractivity contribution in [2.45, 2.75) is 5.16 Å². The summed E-state index contributed by atoms with van der Waals surface area (Å²) in [6, 6.07) is 23.5. The smallest absolute Gasteiger partial charge is 0.302 e. The van der Waals surface area contributed by atoms with Crippen molar-refractivity contribution in [3.63, 3.8) is 0 Å². The highest BCUT2D eigenvalue weighted by molar-refractivity contribution is 7.99. The minimum absolute atomic E-state index is 0.0626. The molecule has 8 heteroatoms. The first kappa shape index (κ1) is 20.4. The second-order valence-electron chi connectivity index (χ2n) is 6.99. The number of benzene rings is 3. The topological polar surface area (TPSA) is 77.1 Å². The maximum atomic E-state index is 13.4. The Hall–Kier alpha value is -3.55. The van der Waals surface area contributed by atoms with Gasteiger partial charge in [-0.1, -0.05) is 59.8 Å². The Balaban J connectivity index is 1.55. The zero-order valence-corrected chi connectivity index (χ0v) is 18.2. The highest BCUT2D eigenvalue weighted by Gasteiger charge is 2.19. The Morgan fingerprint density at radius 3 is 2.62 bits per heavy atom. The van der Waals surface area contributed by atoms with Crippen LogP contribution in [0.4, 0.5) is 5.69 Å². The number of thioether (sulfide) groups is 1. The van der Waals surface area contributed by atoms with Crippen LogP contribution in [-0.4, -0.2) is 21.2 Å². The van der Waals surface area contributed by atoms with E-state index in [1.54, 1.807) is 30.3 Å². The molecule has 0 radical (unpaired) electrons. The molecule has 32 heavy (non-hydrogen) atoms. The summed E-state index contributed by atoms with van der Waals surface area (Å²) >= 11 is 7.17. The zero-order valence-electron chi connectivity index (χ0n) is 16.6. The number of fused-ring (bicyclic) bond motifs is 3. The molecule has 0 aliphatic carbocycles. The predicted octanol–water partition coefficient (Wildman–Crippen LogP) is 5.52. The number of carbonyl (C=O) groups is 1. The molecular formula is C24H16ClN3O3S. The van der Waals surface area contributed by atoms with Crippen LogP contribution in [0.1, 0.15) is 0 Å². The first-order valence-electron chi connectivity index (χ1n) is 9.78. The fourth-order valence-corrected chi connectivity index (χ4v) is 4.41. The van der Waals surface area contributed by atoms with E-state index >= 15 is 0 Å². The molecule has 0 aliphatic rings. The van der Waals surface area contributed by atoms with Crippen molar-refractivity contribution in [1.82, 2.24) is 9.55 Å². The van der Waals surface area contributed by atoms with Gasteiger partial charge in [-0.15, -0.1) is 0 Å². The average Bonchev–Trinajstić information content (AvgIpc) is 3.17. The molecule has 5 rings (SSSR count). The number of amides is 1. The largest absolute Gasteiger partial charge is 0.448 e. The summed E-state index contributed by atoms with van der Waals surface area (Å²) in [7, 11) is 0. The number of halogens is 1. The summed E-state index contributed by atoms with van der Waals surface area (Å²) in [5.74, 6) is -0.171. The van der Waals surface area contributed by atoms with Crippen LogP contribution in [0.15, 0.2) is 93.2 Å². The Bertz CT molecular complexity index is 1510. The van der Waals surface area contributed by atoms with Crippen molar-refractivity contribution in [3.05, 3.63) is 94.2 Å². The molecule has 1 N–H and O–H groups in total. The number of para-hydroxylation sites is 2. The molecule has 158 valence electrons. The van der Waals surface area contributed by atoms with E-state index in [-0.39, 0.29) is 22.8 Å². The molecule has 6 nitrogen and oxygen atoms in total. The zero-order chi connectivity index (χ0) is 22.1. The van der Waals surface area contributed by atoms with E-state index in [1.165, 1.54) is 16.3 Å². The van der Waals surface area contributed by atoms with Gasteiger partial charge in [0.05, 0.1) is 11.4 Å². The van der Waals surface area contributed by atoms with E-state index in [0.29, 0.717) is 32.7 Å². The lowest BCUT2D eigenvalue weighted by molar-refractivity contribution is -0.113. The second-order valence-corrected chi connectivity index (χ2v) is 8.37. The van der Waals surface area contributed by atoms with Gasteiger partial charge >= 0.3 is 5.56 Å². The minimum Gasteiger partial charge on any atom is -0.448 e. The molecule has 2 aromatic heterocycles. The minimum atomic E-state index is -0.324. The molecule has 2 heterocycles. The van der Waals surface area contributed by atoms with Gasteiger partial charge in [0.25, 0.3) is 0 Å². The van der Waals surface area contributed by atoms with E-state index in [0.717, 1.165) is 5.39 Å². The van der Waals surface area contributed by atoms with Crippen molar-refractivity contribution in [3.8, 4) is 5.69 Å². The number of aromatic nitrogens is 2. The van der Waals surface area contributed by atoms with Crippen molar-refractivity contribution in [1.29, 1.82) is 0 Å². The third-order valence-corrected chi connectivity index (χ3v) is 5.99. The van der Waals surface area contributed by atoms with E-state index in [4.69, 9.17) is 21.0 Å². The molecule has 0 bridgehead atoms. The van der Waals surface area contributed by atoms with E-state index in [1.807, 2.05) is 48.5 Å². The summed E-state index contributed by atoms with van der Waals surface area (Å²) in [5.41, 5.74) is 2.18. The van der Waals surface area contributed by atoms with Crippen molar-refractivity contribution >= 4 is 57.0 Å². The number of hydrogen-bond donors (Lipinski definition) is 1. The lowest BCUT2D eigenvalue weighted by atomic mass is 10.2. The van der Waals surface area contributed by atoms with Crippen molar-refractivity contribution in [2.75, 3.05) is 11.1 Å². The number of hydrogen-bond acceptors (Lipinski definition) is 5. The van der Waals surface area contributed by atoms with Crippen molar-refractivity contribution in [2.24, 2.45) is 0 Å². The summed E-state index contributed by atoms with van der Waals surface area (Å²) in [4.78, 5) is 30.7. The third kappa shape index (κ3) is 3.88. The maximum Gasteiger partial charge on any atom is 0.302 e. The summed E-state index contributed by atoms with van der Waals surface area (Å²) in [5, 5.41) is 4.50. The van der Waals surface area contributed by atoms with E-state index < -0.39 is 0 Å². The van der Waals surface area contributed by atoms with Gasteiger partial charge in [0.2, 0.25) is 11.5 Å². The fourth-order valence-electron chi connectivity index (χ4n) is 3.42. The van der Waals surface area contributed by atoms with Gasteiger partial charge < -0.3 is 9.73 Å². The molecule has 5 aromatic rings. The molecular weight excluding hydrogens is 446 g/mol. The van der Waals surface area contributed by atoms with E-state index in [2.05, 4.69) is 5.32 Å². The van der Waals surface area contributed by atoms with Crippen LogP contribution in [0.25, 0.3) is 27.8 Å². The van der Waals surface area contributed by atoms with E-state index in [9.17, 15) is 9.59 Å². The van der Waals surface area contributed by atoms with Crippen LogP contribution in [0, 0.1) is 0 Å². The summed E-state index contributed by atoms with van der Waals surface area (Å²) in [6.07, 6.45) is 0. The van der Waals surface area contributed by atoms with Gasteiger partial charge in [-0.25, -0.2) is 4.98 Å². The Labute approximate surface area is 191 Å².